The van der Waals surface area contributed by atoms with Crippen LogP contribution >= 0.6 is 0 Å². The fourth-order valence-corrected chi connectivity index (χ4v) is 4.30. The summed E-state index contributed by atoms with van der Waals surface area (Å²) < 4.78 is 71.1. The Bertz CT molecular complexity index is 1340. The minimum atomic E-state index is -4.50. The number of amides is 2. The summed E-state index contributed by atoms with van der Waals surface area (Å²) in [6, 6.07) is 13.0. The Labute approximate surface area is 199 Å². The first-order valence-corrected chi connectivity index (χ1v) is 11.5. The fourth-order valence-electron chi connectivity index (χ4n) is 2.97. The number of ether oxygens (including phenoxy) is 1. The van der Waals surface area contributed by atoms with Crippen molar-refractivity contribution >= 4 is 39.1 Å². The summed E-state index contributed by atoms with van der Waals surface area (Å²) >= 11 is 0. The molecule has 0 unspecified atom stereocenters. The summed E-state index contributed by atoms with van der Waals surface area (Å²) in [6.07, 6.45) is -4.50. The molecule has 0 aliphatic rings. The molecular formula is C23H20F3N3O5S. The van der Waals surface area contributed by atoms with Crippen LogP contribution in [0.2, 0.25) is 0 Å². The molecule has 0 saturated carbocycles. The van der Waals surface area contributed by atoms with E-state index in [0.29, 0.717) is 5.56 Å². The zero-order valence-electron chi connectivity index (χ0n) is 18.4. The lowest BCUT2D eigenvalue weighted by atomic mass is 10.2. The maximum absolute atomic E-state index is 12.9. The number of alkyl halides is 3. The molecule has 35 heavy (non-hydrogen) atoms. The molecule has 2 amide bonds. The molecule has 0 bridgehead atoms. The average Bonchev–Trinajstić information content (AvgIpc) is 2.75. The highest BCUT2D eigenvalue weighted by Crippen LogP contribution is 2.30. The van der Waals surface area contributed by atoms with Gasteiger partial charge in [-0.15, -0.1) is 0 Å². The molecule has 184 valence electrons. The monoisotopic (exact) mass is 507 g/mol. The van der Waals surface area contributed by atoms with Crippen molar-refractivity contribution in [2.24, 2.45) is 0 Å². The van der Waals surface area contributed by atoms with Crippen LogP contribution < -0.4 is 20.1 Å². The predicted molar refractivity (Wildman–Crippen MR) is 124 cm³/mol. The summed E-state index contributed by atoms with van der Waals surface area (Å²) in [5, 5.41) is 4.83. The number of urea groups is 1. The molecule has 3 N–H and O–H groups in total. The number of carbonyl (C=O) groups is 2. The van der Waals surface area contributed by atoms with Crippen molar-refractivity contribution in [3.63, 3.8) is 0 Å². The van der Waals surface area contributed by atoms with Crippen LogP contribution in [0, 0.1) is 6.92 Å². The van der Waals surface area contributed by atoms with Gasteiger partial charge in [-0.05, 0) is 73.2 Å². The highest BCUT2D eigenvalue weighted by molar-refractivity contribution is 7.92. The third-order valence-electron chi connectivity index (χ3n) is 4.57. The quantitative estimate of drug-likeness (QED) is 0.306. The number of rotatable bonds is 6. The molecular weight excluding hydrogens is 487 g/mol. The maximum Gasteiger partial charge on any atom is 0.416 e. The number of halogens is 3. The molecule has 0 spiro atoms. The van der Waals surface area contributed by atoms with Crippen molar-refractivity contribution in [2.75, 3.05) is 15.4 Å². The Kier molecular flexibility index (Phi) is 7.34. The van der Waals surface area contributed by atoms with Crippen LogP contribution in [0.1, 0.15) is 18.1 Å². The summed E-state index contributed by atoms with van der Waals surface area (Å²) in [5.41, 5.74) is 0.0340. The van der Waals surface area contributed by atoms with E-state index in [1.54, 1.807) is 6.92 Å². The van der Waals surface area contributed by atoms with Gasteiger partial charge in [0, 0.05) is 24.0 Å². The fraction of sp³-hybridized carbons (Fsp3) is 0.130. The second-order valence-electron chi connectivity index (χ2n) is 7.36. The molecule has 3 aromatic carbocycles. The highest BCUT2D eigenvalue weighted by atomic mass is 32.2. The summed E-state index contributed by atoms with van der Waals surface area (Å²) in [4.78, 5) is 23.2. The second kappa shape index (κ2) is 10.1. The number of esters is 1. The van der Waals surface area contributed by atoms with E-state index in [1.807, 2.05) is 0 Å². The van der Waals surface area contributed by atoms with E-state index in [0.717, 1.165) is 24.3 Å². The molecule has 0 radical (unpaired) electrons. The first kappa shape index (κ1) is 25.6. The minimum Gasteiger partial charge on any atom is -0.427 e. The molecule has 12 heteroatoms. The molecule has 0 aliphatic carbocycles. The summed E-state index contributed by atoms with van der Waals surface area (Å²) in [6.45, 7) is 2.81. The molecule has 0 atom stereocenters. The van der Waals surface area contributed by atoms with Gasteiger partial charge in [0.25, 0.3) is 10.0 Å². The number of anilines is 3. The van der Waals surface area contributed by atoms with Crippen LogP contribution in [0.5, 0.6) is 5.75 Å². The van der Waals surface area contributed by atoms with Gasteiger partial charge in [0.05, 0.1) is 10.5 Å². The topological polar surface area (TPSA) is 114 Å². The smallest absolute Gasteiger partial charge is 0.416 e. The molecule has 8 nitrogen and oxygen atoms in total. The SMILES string of the molecule is CC(=O)Oc1ccc(NS(=O)(=O)c2cc(NC(=O)Nc3ccc(C(F)(F)F)cc3)ccc2C)cc1. The number of nitrogens with one attached hydrogen (secondary N) is 3. The Hall–Kier alpha value is -4.06. The van der Waals surface area contributed by atoms with Gasteiger partial charge < -0.3 is 15.4 Å². The van der Waals surface area contributed by atoms with Crippen LogP contribution in [0.3, 0.4) is 0 Å². The van der Waals surface area contributed by atoms with Crippen LogP contribution in [0.25, 0.3) is 0 Å². The third-order valence-corrected chi connectivity index (χ3v) is 6.10. The van der Waals surface area contributed by atoms with E-state index >= 15 is 0 Å². The number of hydrogen-bond acceptors (Lipinski definition) is 5. The molecule has 0 fully saturated rings. The summed E-state index contributed by atoms with van der Waals surface area (Å²) in [5.74, 6) is -0.262. The van der Waals surface area contributed by atoms with E-state index < -0.39 is 33.8 Å². The lowest BCUT2D eigenvalue weighted by molar-refractivity contribution is -0.137. The van der Waals surface area contributed by atoms with Gasteiger partial charge in [0.2, 0.25) is 0 Å². The van der Waals surface area contributed by atoms with Crippen molar-refractivity contribution < 1.29 is 35.9 Å². The van der Waals surface area contributed by atoms with Crippen molar-refractivity contribution in [1.29, 1.82) is 0 Å². The van der Waals surface area contributed by atoms with Gasteiger partial charge in [-0.2, -0.15) is 13.2 Å². The van der Waals surface area contributed by atoms with Crippen molar-refractivity contribution in [3.8, 4) is 5.75 Å². The van der Waals surface area contributed by atoms with Crippen LogP contribution in [-0.2, 0) is 21.0 Å². The first-order chi connectivity index (χ1) is 16.3. The standard InChI is InChI=1S/C23H20F3N3O5S/c1-14-3-6-19(28-22(31)27-17-7-4-16(5-8-17)23(24,25)26)13-21(14)35(32,33)29-18-9-11-20(12-10-18)34-15(2)30/h3-13,29H,1-2H3,(H2,27,28,31). The zero-order valence-corrected chi connectivity index (χ0v) is 19.3. The zero-order chi connectivity index (χ0) is 25.8. The molecule has 3 rings (SSSR count). The normalized spacial score (nSPS) is 11.5. The summed E-state index contributed by atoms with van der Waals surface area (Å²) in [7, 11) is -4.05. The van der Waals surface area contributed by atoms with E-state index in [-0.39, 0.29) is 27.7 Å². The molecule has 0 aromatic heterocycles. The maximum atomic E-state index is 12.9. The molecule has 0 heterocycles. The Morgan fingerprint density at radius 1 is 0.829 bits per heavy atom. The van der Waals surface area contributed by atoms with E-state index in [1.165, 1.54) is 49.4 Å². The van der Waals surface area contributed by atoms with Gasteiger partial charge in [-0.25, -0.2) is 13.2 Å². The van der Waals surface area contributed by atoms with Crippen molar-refractivity contribution in [2.45, 2.75) is 24.9 Å². The number of carbonyl (C=O) groups excluding carboxylic acids is 2. The van der Waals surface area contributed by atoms with Gasteiger partial charge >= 0.3 is 18.2 Å². The number of hydrogen-bond donors (Lipinski definition) is 3. The van der Waals surface area contributed by atoms with Gasteiger partial charge in [0.1, 0.15) is 5.75 Å². The van der Waals surface area contributed by atoms with E-state index in [4.69, 9.17) is 4.74 Å². The third kappa shape index (κ3) is 6.96. The Morgan fingerprint density at radius 3 is 1.94 bits per heavy atom. The van der Waals surface area contributed by atoms with Crippen molar-refractivity contribution in [1.82, 2.24) is 0 Å². The van der Waals surface area contributed by atoms with E-state index in [2.05, 4.69) is 15.4 Å². The van der Waals surface area contributed by atoms with E-state index in [9.17, 15) is 31.2 Å². The highest BCUT2D eigenvalue weighted by Gasteiger charge is 2.30. The molecule has 0 aliphatic heterocycles. The minimum absolute atomic E-state index is 0.103. The van der Waals surface area contributed by atoms with Gasteiger partial charge in [-0.3, -0.25) is 9.52 Å². The average molecular weight is 507 g/mol. The Balaban J connectivity index is 1.71. The van der Waals surface area contributed by atoms with Crippen LogP contribution in [-0.4, -0.2) is 20.4 Å². The number of sulfonamides is 1. The van der Waals surface area contributed by atoms with Crippen LogP contribution in [0.4, 0.5) is 35.0 Å². The van der Waals surface area contributed by atoms with Gasteiger partial charge in [-0.1, -0.05) is 6.07 Å². The first-order valence-electron chi connectivity index (χ1n) is 10.0. The Morgan fingerprint density at radius 2 is 1.37 bits per heavy atom. The second-order valence-corrected chi connectivity index (χ2v) is 9.01. The molecule has 3 aromatic rings. The largest absolute Gasteiger partial charge is 0.427 e. The predicted octanol–water partition coefficient (Wildman–Crippen LogP) is 5.38. The number of benzene rings is 3. The van der Waals surface area contributed by atoms with Crippen molar-refractivity contribution in [3.05, 3.63) is 77.9 Å². The number of aryl methyl sites for hydroxylation is 1. The lowest BCUT2D eigenvalue weighted by Crippen LogP contribution is -2.20. The lowest BCUT2D eigenvalue weighted by Gasteiger charge is -2.14. The molecule has 0 saturated heterocycles. The van der Waals surface area contributed by atoms with Crippen LogP contribution in [0.15, 0.2) is 71.6 Å². The van der Waals surface area contributed by atoms with Gasteiger partial charge in [0.15, 0.2) is 0 Å².